The molecule has 1 aliphatic rings. The van der Waals surface area contributed by atoms with Crippen LogP contribution in [0.4, 0.5) is 5.69 Å². The molecule has 1 saturated heterocycles. The van der Waals surface area contributed by atoms with Crippen LogP contribution >= 0.6 is 0 Å². The number of anilines is 1. The maximum Gasteiger partial charge on any atom is 0.266 e. The fourth-order valence-electron chi connectivity index (χ4n) is 2.11. The molecule has 1 fully saturated rings. The van der Waals surface area contributed by atoms with Crippen LogP contribution in [-0.4, -0.2) is 56.3 Å². The first-order valence-corrected chi connectivity index (χ1v) is 7.63. The van der Waals surface area contributed by atoms with Crippen LogP contribution in [0.1, 0.15) is 0 Å². The van der Waals surface area contributed by atoms with Crippen molar-refractivity contribution in [2.24, 2.45) is 0 Å². The minimum atomic E-state index is -3.84. The van der Waals surface area contributed by atoms with Gasteiger partial charge < -0.3 is 4.90 Å². The highest BCUT2D eigenvalue weighted by Crippen LogP contribution is 2.15. The molecule has 1 heterocycles. The zero-order valence-corrected chi connectivity index (χ0v) is 11.0. The zero-order valence-electron chi connectivity index (χ0n) is 10.2. The van der Waals surface area contributed by atoms with Gasteiger partial charge in [0, 0.05) is 38.4 Å². The van der Waals surface area contributed by atoms with Gasteiger partial charge in [-0.3, -0.25) is 9.45 Å². The lowest BCUT2D eigenvalue weighted by Crippen LogP contribution is -2.47. The van der Waals surface area contributed by atoms with E-state index < -0.39 is 10.1 Å². The van der Waals surface area contributed by atoms with Gasteiger partial charge in [0.25, 0.3) is 10.1 Å². The second-order valence-electron chi connectivity index (χ2n) is 4.45. The first-order chi connectivity index (χ1) is 8.54. The molecule has 0 unspecified atom stereocenters. The molecule has 1 aromatic carbocycles. The number of hydrogen-bond acceptors (Lipinski definition) is 4. The summed E-state index contributed by atoms with van der Waals surface area (Å²) >= 11 is 0. The average molecular weight is 270 g/mol. The number of nitrogens with zero attached hydrogens (tertiary/aromatic N) is 2. The fraction of sp³-hybridized carbons (Fsp3) is 0.500. The van der Waals surface area contributed by atoms with E-state index in [4.69, 9.17) is 4.55 Å². The molecule has 1 aromatic rings. The lowest BCUT2D eigenvalue weighted by atomic mass is 10.2. The third-order valence-electron chi connectivity index (χ3n) is 3.16. The first kappa shape index (κ1) is 13.3. The SMILES string of the molecule is O=S(=O)(O)CCN1CCN(c2ccccc2)CC1. The monoisotopic (exact) mass is 270 g/mol. The third kappa shape index (κ3) is 3.97. The van der Waals surface area contributed by atoms with Gasteiger partial charge in [0.05, 0.1) is 5.75 Å². The Bertz CT molecular complexity index is 467. The van der Waals surface area contributed by atoms with E-state index in [0.717, 1.165) is 26.2 Å². The van der Waals surface area contributed by atoms with Crippen molar-refractivity contribution in [1.82, 2.24) is 4.90 Å². The number of piperazine rings is 1. The third-order valence-corrected chi connectivity index (χ3v) is 3.86. The highest BCUT2D eigenvalue weighted by Gasteiger charge is 2.18. The number of benzene rings is 1. The van der Waals surface area contributed by atoms with Gasteiger partial charge in [-0.15, -0.1) is 0 Å². The van der Waals surface area contributed by atoms with Crippen LogP contribution in [0.25, 0.3) is 0 Å². The predicted octanol–water partition coefficient (Wildman–Crippen LogP) is 0.696. The van der Waals surface area contributed by atoms with Crippen LogP contribution in [0.15, 0.2) is 30.3 Å². The maximum absolute atomic E-state index is 10.7. The van der Waals surface area contributed by atoms with E-state index in [1.54, 1.807) is 0 Å². The van der Waals surface area contributed by atoms with Crippen LogP contribution in [0, 0.1) is 0 Å². The van der Waals surface area contributed by atoms with Crippen LogP contribution in [-0.2, 0) is 10.1 Å². The summed E-state index contributed by atoms with van der Waals surface area (Å²) in [4.78, 5) is 4.34. The Kier molecular flexibility index (Phi) is 4.21. The van der Waals surface area contributed by atoms with Crippen molar-refractivity contribution in [3.63, 3.8) is 0 Å². The Hall–Kier alpha value is -1.11. The topological polar surface area (TPSA) is 60.9 Å². The summed E-state index contributed by atoms with van der Waals surface area (Å²) in [5, 5.41) is 0. The van der Waals surface area contributed by atoms with E-state index in [2.05, 4.69) is 21.9 Å². The van der Waals surface area contributed by atoms with Gasteiger partial charge in [0.15, 0.2) is 0 Å². The molecule has 1 aliphatic heterocycles. The van der Waals surface area contributed by atoms with Crippen molar-refractivity contribution in [2.45, 2.75) is 0 Å². The molecule has 100 valence electrons. The lowest BCUT2D eigenvalue weighted by molar-refractivity contribution is 0.270. The van der Waals surface area contributed by atoms with Gasteiger partial charge in [-0.25, -0.2) is 0 Å². The normalized spacial score (nSPS) is 17.9. The van der Waals surface area contributed by atoms with Gasteiger partial charge in [-0.05, 0) is 12.1 Å². The number of rotatable bonds is 4. The fourth-order valence-corrected chi connectivity index (χ4v) is 2.60. The standard InChI is InChI=1S/C12H18N2O3S/c15-18(16,17)11-10-13-6-8-14(9-7-13)12-4-2-1-3-5-12/h1-5H,6-11H2,(H,15,16,17). The lowest BCUT2D eigenvalue weighted by Gasteiger charge is -2.35. The van der Waals surface area contributed by atoms with E-state index in [9.17, 15) is 8.42 Å². The number of hydrogen-bond donors (Lipinski definition) is 1. The molecule has 6 heteroatoms. The summed E-state index contributed by atoms with van der Waals surface area (Å²) in [7, 11) is -3.84. The van der Waals surface area contributed by atoms with Crippen molar-refractivity contribution < 1.29 is 13.0 Å². The Balaban J connectivity index is 1.82. The van der Waals surface area contributed by atoms with Crippen LogP contribution < -0.4 is 4.90 Å². The summed E-state index contributed by atoms with van der Waals surface area (Å²) in [6.07, 6.45) is 0. The maximum atomic E-state index is 10.7. The molecular formula is C12H18N2O3S. The van der Waals surface area contributed by atoms with Gasteiger partial charge in [0.2, 0.25) is 0 Å². The van der Waals surface area contributed by atoms with Gasteiger partial charge in [-0.2, -0.15) is 8.42 Å². The summed E-state index contributed by atoms with van der Waals surface area (Å²) in [5.41, 5.74) is 1.20. The van der Waals surface area contributed by atoms with Crippen molar-refractivity contribution in [2.75, 3.05) is 43.4 Å². The second-order valence-corrected chi connectivity index (χ2v) is 6.02. The Labute approximate surface area is 108 Å². The van der Waals surface area contributed by atoms with Crippen LogP contribution in [0.5, 0.6) is 0 Å². The molecule has 5 nitrogen and oxygen atoms in total. The van der Waals surface area contributed by atoms with Gasteiger partial charge >= 0.3 is 0 Å². The molecule has 0 spiro atoms. The molecule has 1 N–H and O–H groups in total. The van der Waals surface area contributed by atoms with Crippen molar-refractivity contribution >= 4 is 15.8 Å². The number of para-hydroxylation sites is 1. The molecule has 0 radical (unpaired) electrons. The molecule has 18 heavy (non-hydrogen) atoms. The minimum absolute atomic E-state index is 0.182. The highest BCUT2D eigenvalue weighted by atomic mass is 32.2. The average Bonchev–Trinajstić information content (AvgIpc) is 2.37. The second kappa shape index (κ2) is 5.69. The quantitative estimate of drug-likeness (QED) is 0.816. The van der Waals surface area contributed by atoms with E-state index in [0.29, 0.717) is 6.54 Å². The van der Waals surface area contributed by atoms with Crippen LogP contribution in [0.3, 0.4) is 0 Å². The minimum Gasteiger partial charge on any atom is -0.369 e. The molecule has 0 atom stereocenters. The first-order valence-electron chi connectivity index (χ1n) is 6.02. The Morgan fingerprint density at radius 1 is 1.06 bits per heavy atom. The summed E-state index contributed by atoms with van der Waals surface area (Å²) in [6, 6.07) is 10.2. The molecule has 2 rings (SSSR count). The van der Waals surface area contributed by atoms with E-state index in [-0.39, 0.29) is 5.75 Å². The summed E-state index contributed by atoms with van der Waals surface area (Å²) in [5.74, 6) is -0.182. The Morgan fingerprint density at radius 3 is 2.22 bits per heavy atom. The smallest absolute Gasteiger partial charge is 0.266 e. The Morgan fingerprint density at radius 2 is 1.67 bits per heavy atom. The van der Waals surface area contributed by atoms with E-state index >= 15 is 0 Å². The predicted molar refractivity (Wildman–Crippen MR) is 71.5 cm³/mol. The summed E-state index contributed by atoms with van der Waals surface area (Å²) in [6.45, 7) is 3.82. The highest BCUT2D eigenvalue weighted by molar-refractivity contribution is 7.85. The zero-order chi connectivity index (χ0) is 13.0. The molecule has 0 saturated carbocycles. The van der Waals surface area contributed by atoms with E-state index in [1.807, 2.05) is 18.2 Å². The molecule has 0 aromatic heterocycles. The van der Waals surface area contributed by atoms with Crippen molar-refractivity contribution in [3.05, 3.63) is 30.3 Å². The molecule has 0 aliphatic carbocycles. The molecular weight excluding hydrogens is 252 g/mol. The summed E-state index contributed by atoms with van der Waals surface area (Å²) < 4.78 is 30.1. The largest absolute Gasteiger partial charge is 0.369 e. The van der Waals surface area contributed by atoms with Gasteiger partial charge in [-0.1, -0.05) is 18.2 Å². The van der Waals surface area contributed by atoms with Crippen molar-refractivity contribution in [3.8, 4) is 0 Å². The van der Waals surface area contributed by atoms with E-state index in [1.165, 1.54) is 5.69 Å². The molecule has 0 bridgehead atoms. The molecule has 0 amide bonds. The van der Waals surface area contributed by atoms with Crippen LogP contribution in [0.2, 0.25) is 0 Å². The van der Waals surface area contributed by atoms with Crippen molar-refractivity contribution in [1.29, 1.82) is 0 Å². The van der Waals surface area contributed by atoms with Gasteiger partial charge in [0.1, 0.15) is 0 Å².